The molecule has 2 rings (SSSR count). The van der Waals surface area contributed by atoms with Crippen molar-refractivity contribution in [1.82, 2.24) is 15.1 Å². The zero-order valence-corrected chi connectivity index (χ0v) is 12.5. The maximum absolute atomic E-state index is 12.4. The van der Waals surface area contributed by atoms with Crippen molar-refractivity contribution in [1.29, 1.82) is 0 Å². The highest BCUT2D eigenvalue weighted by Crippen LogP contribution is 2.20. The van der Waals surface area contributed by atoms with Crippen LogP contribution in [0.2, 0.25) is 0 Å². The van der Waals surface area contributed by atoms with Gasteiger partial charge in [-0.3, -0.25) is 4.79 Å². The standard InChI is InChI=1S/C15H29N3O/c1-3-18-10-6-14(7-11-18)17(2)15(19)12-13-4-8-16-9-5-13/h13-14,16H,3-12H2,1-2H3. The summed E-state index contributed by atoms with van der Waals surface area (Å²) in [5.41, 5.74) is 0. The minimum absolute atomic E-state index is 0.363. The first kappa shape index (κ1) is 14.8. The molecule has 2 saturated heterocycles. The largest absolute Gasteiger partial charge is 0.343 e. The molecule has 0 atom stereocenters. The molecule has 19 heavy (non-hydrogen) atoms. The van der Waals surface area contributed by atoms with Gasteiger partial charge in [0.05, 0.1) is 0 Å². The molecule has 1 N–H and O–H groups in total. The maximum Gasteiger partial charge on any atom is 0.222 e. The van der Waals surface area contributed by atoms with Gasteiger partial charge in [0, 0.05) is 32.6 Å². The van der Waals surface area contributed by atoms with E-state index in [4.69, 9.17) is 0 Å². The summed E-state index contributed by atoms with van der Waals surface area (Å²) in [5, 5.41) is 3.36. The third-order valence-electron chi connectivity index (χ3n) is 4.87. The number of amides is 1. The van der Waals surface area contributed by atoms with E-state index in [9.17, 15) is 4.79 Å². The van der Waals surface area contributed by atoms with Gasteiger partial charge < -0.3 is 15.1 Å². The van der Waals surface area contributed by atoms with Crippen LogP contribution in [-0.4, -0.2) is 61.5 Å². The molecule has 0 aromatic carbocycles. The summed E-state index contributed by atoms with van der Waals surface area (Å²) in [6, 6.07) is 0.469. The molecule has 0 saturated carbocycles. The first-order valence-electron chi connectivity index (χ1n) is 7.89. The average Bonchev–Trinajstić information content (AvgIpc) is 2.47. The van der Waals surface area contributed by atoms with Crippen molar-refractivity contribution < 1.29 is 4.79 Å². The smallest absolute Gasteiger partial charge is 0.222 e. The zero-order chi connectivity index (χ0) is 13.7. The van der Waals surface area contributed by atoms with Gasteiger partial charge in [-0.05, 0) is 51.2 Å². The van der Waals surface area contributed by atoms with Gasteiger partial charge in [0.25, 0.3) is 0 Å². The third kappa shape index (κ3) is 4.18. The van der Waals surface area contributed by atoms with Crippen molar-refractivity contribution in [2.75, 3.05) is 39.8 Å². The van der Waals surface area contributed by atoms with Gasteiger partial charge in [0.2, 0.25) is 5.91 Å². The molecule has 2 aliphatic rings. The number of nitrogens with one attached hydrogen (secondary N) is 1. The van der Waals surface area contributed by atoms with E-state index in [2.05, 4.69) is 17.1 Å². The lowest BCUT2D eigenvalue weighted by Crippen LogP contribution is -2.46. The second-order valence-electron chi connectivity index (χ2n) is 6.07. The minimum atomic E-state index is 0.363. The van der Waals surface area contributed by atoms with Crippen LogP contribution in [0, 0.1) is 5.92 Å². The summed E-state index contributed by atoms with van der Waals surface area (Å²) in [6.07, 6.45) is 5.36. The highest BCUT2D eigenvalue weighted by molar-refractivity contribution is 5.76. The normalized spacial score (nSPS) is 23.5. The number of hydrogen-bond donors (Lipinski definition) is 1. The van der Waals surface area contributed by atoms with Gasteiger partial charge in [0.15, 0.2) is 0 Å². The maximum atomic E-state index is 12.4. The minimum Gasteiger partial charge on any atom is -0.343 e. The molecular formula is C15H29N3O. The van der Waals surface area contributed by atoms with Crippen LogP contribution >= 0.6 is 0 Å². The van der Waals surface area contributed by atoms with Crippen molar-refractivity contribution >= 4 is 5.91 Å². The third-order valence-corrected chi connectivity index (χ3v) is 4.87. The van der Waals surface area contributed by atoms with Crippen LogP contribution in [-0.2, 0) is 4.79 Å². The highest BCUT2D eigenvalue weighted by Gasteiger charge is 2.26. The number of piperidine rings is 2. The summed E-state index contributed by atoms with van der Waals surface area (Å²) in [6.45, 7) is 7.80. The van der Waals surface area contributed by atoms with E-state index in [1.807, 2.05) is 11.9 Å². The quantitative estimate of drug-likeness (QED) is 0.834. The van der Waals surface area contributed by atoms with Crippen LogP contribution < -0.4 is 5.32 Å². The molecule has 4 nitrogen and oxygen atoms in total. The molecular weight excluding hydrogens is 238 g/mol. The van der Waals surface area contributed by atoms with Crippen LogP contribution in [0.5, 0.6) is 0 Å². The molecule has 4 heteroatoms. The van der Waals surface area contributed by atoms with Gasteiger partial charge >= 0.3 is 0 Å². The molecule has 0 aromatic heterocycles. The van der Waals surface area contributed by atoms with Crippen LogP contribution in [0.4, 0.5) is 0 Å². The van der Waals surface area contributed by atoms with Gasteiger partial charge in [-0.15, -0.1) is 0 Å². The fraction of sp³-hybridized carbons (Fsp3) is 0.933. The summed E-state index contributed by atoms with van der Waals surface area (Å²) < 4.78 is 0. The van der Waals surface area contributed by atoms with E-state index in [1.54, 1.807) is 0 Å². The monoisotopic (exact) mass is 267 g/mol. The van der Waals surface area contributed by atoms with Crippen LogP contribution in [0.15, 0.2) is 0 Å². The van der Waals surface area contributed by atoms with E-state index in [1.165, 1.54) is 0 Å². The molecule has 1 amide bonds. The van der Waals surface area contributed by atoms with Gasteiger partial charge in [-0.2, -0.15) is 0 Å². The van der Waals surface area contributed by atoms with Crippen LogP contribution in [0.25, 0.3) is 0 Å². The Labute approximate surface area is 117 Å². The van der Waals surface area contributed by atoms with E-state index < -0.39 is 0 Å². The molecule has 2 fully saturated rings. The zero-order valence-electron chi connectivity index (χ0n) is 12.5. The first-order valence-corrected chi connectivity index (χ1v) is 7.89. The topological polar surface area (TPSA) is 35.6 Å². The molecule has 0 aromatic rings. The number of carbonyl (C=O) groups excluding carboxylic acids is 1. The summed E-state index contributed by atoms with van der Waals surface area (Å²) >= 11 is 0. The molecule has 0 radical (unpaired) electrons. The van der Waals surface area contributed by atoms with E-state index >= 15 is 0 Å². The molecule has 2 aliphatic heterocycles. The number of likely N-dealkylation sites (tertiary alicyclic amines) is 1. The van der Waals surface area contributed by atoms with Crippen molar-refractivity contribution in [2.45, 2.75) is 45.1 Å². The van der Waals surface area contributed by atoms with Crippen LogP contribution in [0.3, 0.4) is 0 Å². The van der Waals surface area contributed by atoms with Crippen LogP contribution in [0.1, 0.15) is 39.0 Å². The Morgan fingerprint density at radius 1 is 1.21 bits per heavy atom. The molecule has 110 valence electrons. The lowest BCUT2D eigenvalue weighted by Gasteiger charge is -2.37. The second kappa shape index (κ2) is 7.25. The fourth-order valence-electron chi connectivity index (χ4n) is 3.30. The van der Waals surface area contributed by atoms with Gasteiger partial charge in [-0.25, -0.2) is 0 Å². The molecule has 0 unspecified atom stereocenters. The van der Waals surface area contributed by atoms with E-state index in [0.29, 0.717) is 17.9 Å². The Hall–Kier alpha value is -0.610. The van der Waals surface area contributed by atoms with E-state index in [0.717, 1.165) is 64.8 Å². The Kier molecular flexibility index (Phi) is 5.64. The van der Waals surface area contributed by atoms with E-state index in [-0.39, 0.29) is 0 Å². The Morgan fingerprint density at radius 2 is 1.84 bits per heavy atom. The van der Waals surface area contributed by atoms with Crippen molar-refractivity contribution in [3.8, 4) is 0 Å². The number of nitrogens with zero attached hydrogens (tertiary/aromatic N) is 2. The summed E-state index contributed by atoms with van der Waals surface area (Å²) in [5.74, 6) is 0.966. The number of carbonyl (C=O) groups is 1. The number of rotatable bonds is 4. The molecule has 2 heterocycles. The van der Waals surface area contributed by atoms with Crippen molar-refractivity contribution in [3.63, 3.8) is 0 Å². The predicted molar refractivity (Wildman–Crippen MR) is 78.1 cm³/mol. The SMILES string of the molecule is CCN1CCC(N(C)C(=O)CC2CCNCC2)CC1. The summed E-state index contributed by atoms with van der Waals surface area (Å²) in [4.78, 5) is 16.9. The van der Waals surface area contributed by atoms with Gasteiger partial charge in [0.1, 0.15) is 0 Å². The molecule has 0 spiro atoms. The lowest BCUT2D eigenvalue weighted by atomic mass is 9.93. The predicted octanol–water partition coefficient (Wildman–Crippen LogP) is 1.32. The molecule has 0 aliphatic carbocycles. The van der Waals surface area contributed by atoms with Crippen molar-refractivity contribution in [2.24, 2.45) is 5.92 Å². The Morgan fingerprint density at radius 3 is 2.42 bits per heavy atom. The first-order chi connectivity index (χ1) is 9.20. The van der Waals surface area contributed by atoms with Gasteiger partial charge in [-0.1, -0.05) is 6.92 Å². The molecule has 0 bridgehead atoms. The lowest BCUT2D eigenvalue weighted by molar-refractivity contribution is -0.134. The average molecular weight is 267 g/mol. The van der Waals surface area contributed by atoms with Crippen molar-refractivity contribution in [3.05, 3.63) is 0 Å². The highest BCUT2D eigenvalue weighted by atomic mass is 16.2. The number of hydrogen-bond acceptors (Lipinski definition) is 3. The Bertz CT molecular complexity index is 281. The fourth-order valence-corrected chi connectivity index (χ4v) is 3.30. The second-order valence-corrected chi connectivity index (χ2v) is 6.07. The summed E-state index contributed by atoms with van der Waals surface area (Å²) in [7, 11) is 2.01. The Balaban J connectivity index is 1.75.